The van der Waals surface area contributed by atoms with Gasteiger partial charge in [0.05, 0.1) is 35.8 Å². The Hall–Kier alpha value is -3.39. The normalized spacial score (nSPS) is 19.8. The molecule has 1 aliphatic carbocycles. The molecule has 1 saturated carbocycles. The number of rotatable bonds is 8. The number of aromatic nitrogens is 4. The van der Waals surface area contributed by atoms with Crippen molar-refractivity contribution in [1.29, 1.82) is 0 Å². The monoisotopic (exact) mass is 575 g/mol. The Kier molecular flexibility index (Phi) is 6.64. The van der Waals surface area contributed by atoms with E-state index in [0.29, 0.717) is 28.1 Å². The van der Waals surface area contributed by atoms with Gasteiger partial charge in [-0.3, -0.25) is 4.72 Å². The van der Waals surface area contributed by atoms with Crippen LogP contribution in [0.15, 0.2) is 28.7 Å². The first-order valence-electron chi connectivity index (χ1n) is 13.4. The summed E-state index contributed by atoms with van der Waals surface area (Å²) in [5, 5.41) is 17.6. The van der Waals surface area contributed by atoms with Gasteiger partial charge in [-0.25, -0.2) is 27.2 Å². The van der Waals surface area contributed by atoms with Crippen molar-refractivity contribution in [3.8, 4) is 23.0 Å². The number of hydrogen-bond donors (Lipinski definition) is 2. The van der Waals surface area contributed by atoms with Crippen molar-refractivity contribution in [1.82, 2.24) is 20.2 Å². The highest BCUT2D eigenvalue weighted by atomic mass is 32.2. The van der Waals surface area contributed by atoms with Gasteiger partial charge < -0.3 is 19.3 Å². The molecule has 3 aliphatic rings. The number of benzene rings is 1. The summed E-state index contributed by atoms with van der Waals surface area (Å²) in [7, 11) is -3.71. The molecule has 0 unspecified atom stereocenters. The highest BCUT2D eigenvalue weighted by molar-refractivity contribution is 7.92. The van der Waals surface area contributed by atoms with Gasteiger partial charge >= 0.3 is 0 Å². The molecule has 11 nitrogen and oxygen atoms in total. The lowest BCUT2D eigenvalue weighted by molar-refractivity contribution is 0.0256. The first-order valence-corrected chi connectivity index (χ1v) is 15.0. The van der Waals surface area contributed by atoms with Gasteiger partial charge in [0.25, 0.3) is 11.8 Å². The van der Waals surface area contributed by atoms with E-state index in [1.807, 2.05) is 0 Å². The maximum absolute atomic E-state index is 13.8. The Balaban J connectivity index is 1.32. The zero-order valence-corrected chi connectivity index (χ0v) is 22.9. The average molecular weight is 576 g/mol. The predicted molar refractivity (Wildman–Crippen MR) is 145 cm³/mol. The number of piperidine rings is 1. The fourth-order valence-corrected chi connectivity index (χ4v) is 6.26. The Labute approximate surface area is 230 Å². The maximum Gasteiger partial charge on any atom is 0.267 e. The molecule has 2 aliphatic heterocycles. The lowest BCUT2D eigenvalue weighted by atomic mass is 9.93. The van der Waals surface area contributed by atoms with E-state index in [1.54, 1.807) is 31.2 Å². The number of halogens is 2. The summed E-state index contributed by atoms with van der Waals surface area (Å²) in [5.74, 6) is -2.64. The van der Waals surface area contributed by atoms with E-state index in [0.717, 1.165) is 31.6 Å². The van der Waals surface area contributed by atoms with Crippen LogP contribution < -0.4 is 14.5 Å². The van der Waals surface area contributed by atoms with E-state index in [-0.39, 0.29) is 30.7 Å². The van der Waals surface area contributed by atoms with Crippen LogP contribution in [-0.2, 0) is 10.0 Å². The van der Waals surface area contributed by atoms with Crippen LogP contribution in [0, 0.1) is 12.3 Å². The molecule has 0 amide bonds. The molecule has 1 aromatic carbocycles. The fraction of sp³-hybridized carbons (Fsp3) is 0.538. The standard InChI is InChI=1S/C26H31F2N7O4S/c1-17-14-20(30-24(29-17)35-11-8-26(27,28)16-35)23-32-31-22(39-23)19-3-2-18(33-40(37,38)13-12-36)15-21(19)34-9-6-25(4-5-25)7-10-34/h2-3,14-15,33,36H,4-13,16H2,1H3. The third-order valence-electron chi connectivity index (χ3n) is 7.92. The van der Waals surface area contributed by atoms with Crippen molar-refractivity contribution < 1.29 is 26.7 Å². The van der Waals surface area contributed by atoms with Gasteiger partial charge in [-0.2, -0.15) is 0 Å². The Morgan fingerprint density at radius 1 is 1.00 bits per heavy atom. The minimum Gasteiger partial charge on any atom is -0.415 e. The molecule has 2 saturated heterocycles. The van der Waals surface area contributed by atoms with Crippen LogP contribution in [0.2, 0.25) is 0 Å². The third kappa shape index (κ3) is 5.59. The van der Waals surface area contributed by atoms with Gasteiger partial charge in [0.15, 0.2) is 0 Å². The molecular weight excluding hydrogens is 544 g/mol. The number of sulfonamides is 1. The number of aliphatic hydroxyl groups is 1. The van der Waals surface area contributed by atoms with Crippen molar-refractivity contribution >= 4 is 27.3 Å². The van der Waals surface area contributed by atoms with E-state index in [4.69, 9.17) is 9.52 Å². The van der Waals surface area contributed by atoms with Gasteiger partial charge in [0, 0.05) is 31.7 Å². The van der Waals surface area contributed by atoms with E-state index >= 15 is 0 Å². The highest BCUT2D eigenvalue weighted by Gasteiger charge is 2.44. The van der Waals surface area contributed by atoms with Crippen LogP contribution >= 0.6 is 0 Å². The minimum atomic E-state index is -3.71. The van der Waals surface area contributed by atoms with Gasteiger partial charge in [-0.05, 0) is 62.3 Å². The van der Waals surface area contributed by atoms with Crippen LogP contribution in [0.4, 0.5) is 26.1 Å². The molecule has 0 atom stereocenters. The summed E-state index contributed by atoms with van der Waals surface area (Å²) in [6.07, 6.45) is 4.35. The van der Waals surface area contributed by atoms with Crippen molar-refractivity contribution in [3.63, 3.8) is 0 Å². The number of anilines is 3. The molecule has 40 heavy (non-hydrogen) atoms. The summed E-state index contributed by atoms with van der Waals surface area (Å²) >= 11 is 0. The van der Waals surface area contributed by atoms with Crippen LogP contribution in [0.1, 0.15) is 37.8 Å². The van der Waals surface area contributed by atoms with E-state index < -0.39 is 34.9 Å². The topological polar surface area (TPSA) is 138 Å². The summed E-state index contributed by atoms with van der Waals surface area (Å²) in [5.41, 5.74) is 3.13. The van der Waals surface area contributed by atoms with E-state index in [2.05, 4.69) is 29.8 Å². The molecule has 214 valence electrons. The minimum absolute atomic E-state index is 0.127. The van der Waals surface area contributed by atoms with Crippen molar-refractivity contribution in [2.75, 3.05) is 53.1 Å². The molecule has 1 spiro atoms. The highest BCUT2D eigenvalue weighted by Crippen LogP contribution is 2.54. The second kappa shape index (κ2) is 9.91. The quantitative estimate of drug-likeness (QED) is 0.411. The number of hydrogen-bond acceptors (Lipinski definition) is 10. The number of aryl methyl sites for hydroxylation is 1. The lowest BCUT2D eigenvalue weighted by Crippen LogP contribution is -2.34. The molecule has 4 heterocycles. The smallest absolute Gasteiger partial charge is 0.267 e. The van der Waals surface area contributed by atoms with Gasteiger partial charge in [-0.15, -0.1) is 10.2 Å². The molecular formula is C26H31F2N7O4S. The number of aliphatic hydroxyl groups excluding tert-OH is 1. The first-order chi connectivity index (χ1) is 19.0. The largest absolute Gasteiger partial charge is 0.415 e. The lowest BCUT2D eigenvalue weighted by Gasteiger charge is -2.35. The van der Waals surface area contributed by atoms with Crippen LogP contribution in [0.25, 0.3) is 23.0 Å². The molecule has 2 aromatic heterocycles. The van der Waals surface area contributed by atoms with Crippen LogP contribution in [0.5, 0.6) is 0 Å². The van der Waals surface area contributed by atoms with Gasteiger partial charge in [0.2, 0.25) is 21.9 Å². The Bertz CT molecular complexity index is 1520. The van der Waals surface area contributed by atoms with Crippen molar-refractivity contribution in [2.24, 2.45) is 5.41 Å². The predicted octanol–water partition coefficient (Wildman–Crippen LogP) is 3.46. The molecule has 3 fully saturated rings. The fourth-order valence-electron chi connectivity index (χ4n) is 5.43. The molecule has 14 heteroatoms. The molecule has 0 bridgehead atoms. The first kappa shape index (κ1) is 26.8. The summed E-state index contributed by atoms with van der Waals surface area (Å²) in [4.78, 5) is 12.4. The zero-order valence-electron chi connectivity index (χ0n) is 22.1. The van der Waals surface area contributed by atoms with Crippen molar-refractivity contribution in [2.45, 2.75) is 45.0 Å². The van der Waals surface area contributed by atoms with Crippen LogP contribution in [-0.4, -0.2) is 78.2 Å². The van der Waals surface area contributed by atoms with E-state index in [9.17, 15) is 17.2 Å². The summed E-state index contributed by atoms with van der Waals surface area (Å²) < 4.78 is 60.8. The maximum atomic E-state index is 13.8. The Morgan fingerprint density at radius 2 is 1.73 bits per heavy atom. The molecule has 2 N–H and O–H groups in total. The summed E-state index contributed by atoms with van der Waals surface area (Å²) in [6.45, 7) is 2.60. The Morgan fingerprint density at radius 3 is 2.40 bits per heavy atom. The third-order valence-corrected chi connectivity index (χ3v) is 9.19. The van der Waals surface area contributed by atoms with Gasteiger partial charge in [-0.1, -0.05) is 0 Å². The molecule has 6 rings (SSSR count). The second-order valence-electron chi connectivity index (χ2n) is 11.0. The number of alkyl halides is 2. The molecule has 0 radical (unpaired) electrons. The van der Waals surface area contributed by atoms with Crippen LogP contribution in [0.3, 0.4) is 0 Å². The summed E-state index contributed by atoms with van der Waals surface area (Å²) in [6, 6.07) is 6.76. The average Bonchev–Trinajstić information content (AvgIpc) is 3.30. The molecule has 3 aromatic rings. The second-order valence-corrected chi connectivity index (χ2v) is 12.8. The number of nitrogens with zero attached hydrogens (tertiary/aromatic N) is 6. The SMILES string of the molecule is Cc1cc(-c2nnc(-c3ccc(NS(=O)(=O)CCO)cc3N3CCC4(CC3)CC4)o2)nc(N2CCC(F)(F)C2)n1. The van der Waals surface area contributed by atoms with E-state index in [1.165, 1.54) is 17.7 Å². The number of nitrogens with one attached hydrogen (secondary N) is 1. The zero-order chi connectivity index (χ0) is 28.1. The van der Waals surface area contributed by atoms with Gasteiger partial charge in [0.1, 0.15) is 5.69 Å². The van der Waals surface area contributed by atoms with Crippen molar-refractivity contribution in [3.05, 3.63) is 30.0 Å².